The van der Waals surface area contributed by atoms with Crippen molar-refractivity contribution in [1.29, 1.82) is 0 Å². The molecule has 0 saturated heterocycles. The third-order valence-corrected chi connectivity index (χ3v) is 6.24. The molecule has 184 valence electrons. The molecule has 6 heteroatoms. The number of carbonyl (C=O) groups is 2. The van der Waals surface area contributed by atoms with Crippen LogP contribution in [0.1, 0.15) is 110 Å². The van der Waals surface area contributed by atoms with Crippen LogP contribution in [0.3, 0.4) is 0 Å². The number of imidazole rings is 1. The lowest BCUT2D eigenvalue weighted by molar-refractivity contribution is -0.156. The van der Waals surface area contributed by atoms with Crippen molar-refractivity contribution in [1.82, 2.24) is 9.55 Å². The van der Waals surface area contributed by atoms with Gasteiger partial charge in [-0.15, -0.1) is 0 Å². The molecule has 6 nitrogen and oxygen atoms in total. The lowest BCUT2D eigenvalue weighted by Gasteiger charge is -2.22. The zero-order valence-corrected chi connectivity index (χ0v) is 21.3. The first-order chi connectivity index (χ1) is 15.4. The van der Waals surface area contributed by atoms with Gasteiger partial charge < -0.3 is 14.0 Å². The Kier molecular flexibility index (Phi) is 14.0. The average molecular weight is 451 g/mol. The maximum atomic E-state index is 13.1. The molecule has 0 aliphatic rings. The Morgan fingerprint density at radius 3 is 2.00 bits per heavy atom. The molecule has 0 fully saturated rings. The van der Waals surface area contributed by atoms with E-state index in [2.05, 4.69) is 32.7 Å². The first kappa shape index (κ1) is 28.2. The van der Waals surface area contributed by atoms with E-state index in [1.165, 1.54) is 0 Å². The fourth-order valence-corrected chi connectivity index (χ4v) is 3.91. The molecule has 0 aliphatic carbocycles. The second kappa shape index (κ2) is 15.9. The van der Waals surface area contributed by atoms with Gasteiger partial charge in [-0.05, 0) is 31.6 Å². The SMILES string of the molecule is CCCCC(CC)COC(=O)CC(C(=O)OCC(CC)CCCC)n1cc(C)nc1CC. The van der Waals surface area contributed by atoms with Crippen LogP contribution in [-0.2, 0) is 25.5 Å². The van der Waals surface area contributed by atoms with E-state index in [-0.39, 0.29) is 18.4 Å². The Morgan fingerprint density at radius 1 is 0.938 bits per heavy atom. The van der Waals surface area contributed by atoms with Crippen molar-refractivity contribution in [2.45, 2.75) is 112 Å². The van der Waals surface area contributed by atoms with Gasteiger partial charge in [0, 0.05) is 12.6 Å². The summed E-state index contributed by atoms with van der Waals surface area (Å²) in [5.74, 6) is 0.778. The van der Waals surface area contributed by atoms with Crippen molar-refractivity contribution in [3.63, 3.8) is 0 Å². The second-order valence-corrected chi connectivity index (χ2v) is 8.93. The molecular formula is C26H46N2O4. The van der Waals surface area contributed by atoms with Crippen molar-refractivity contribution in [2.75, 3.05) is 13.2 Å². The zero-order valence-electron chi connectivity index (χ0n) is 21.3. The molecule has 1 aromatic rings. The van der Waals surface area contributed by atoms with E-state index < -0.39 is 6.04 Å². The largest absolute Gasteiger partial charge is 0.465 e. The molecule has 1 heterocycles. The van der Waals surface area contributed by atoms with Gasteiger partial charge in [0.15, 0.2) is 0 Å². The standard InChI is InChI=1S/C26H46N2O4/c1-7-12-14-21(9-3)18-31-25(29)16-23(28-17-20(6)27-24(28)11-5)26(30)32-19-22(10-4)15-13-8-2/h17,21-23H,7-16,18-19H2,1-6H3. The van der Waals surface area contributed by atoms with Crippen LogP contribution < -0.4 is 0 Å². The Bertz CT molecular complexity index is 671. The third kappa shape index (κ3) is 9.74. The monoisotopic (exact) mass is 450 g/mol. The van der Waals surface area contributed by atoms with Gasteiger partial charge in [0.2, 0.25) is 0 Å². The quantitative estimate of drug-likeness (QED) is 0.264. The summed E-state index contributed by atoms with van der Waals surface area (Å²) in [4.78, 5) is 30.3. The minimum absolute atomic E-state index is 0.0302. The van der Waals surface area contributed by atoms with Crippen molar-refractivity contribution in [3.8, 4) is 0 Å². The van der Waals surface area contributed by atoms with Crippen LogP contribution in [0.2, 0.25) is 0 Å². The van der Waals surface area contributed by atoms with Crippen molar-refractivity contribution in [2.24, 2.45) is 11.8 Å². The smallest absolute Gasteiger partial charge is 0.329 e. The van der Waals surface area contributed by atoms with E-state index in [0.29, 0.717) is 31.5 Å². The molecule has 0 spiro atoms. The molecule has 0 amide bonds. The summed E-state index contributed by atoms with van der Waals surface area (Å²) in [6, 6.07) is -0.738. The predicted molar refractivity (Wildman–Crippen MR) is 129 cm³/mol. The molecule has 0 radical (unpaired) electrons. The Labute approximate surface area is 195 Å². The number of nitrogens with zero attached hydrogens (tertiary/aromatic N) is 2. The second-order valence-electron chi connectivity index (χ2n) is 8.93. The van der Waals surface area contributed by atoms with Gasteiger partial charge in [0.25, 0.3) is 0 Å². The first-order valence-electron chi connectivity index (χ1n) is 12.8. The fraction of sp³-hybridized carbons (Fsp3) is 0.808. The average Bonchev–Trinajstić information content (AvgIpc) is 3.17. The predicted octanol–water partition coefficient (Wildman–Crippen LogP) is 6.20. The summed E-state index contributed by atoms with van der Waals surface area (Å²) in [6.07, 6.45) is 11.1. The highest BCUT2D eigenvalue weighted by molar-refractivity contribution is 5.81. The molecular weight excluding hydrogens is 404 g/mol. The molecule has 3 unspecified atom stereocenters. The van der Waals surface area contributed by atoms with Gasteiger partial charge in [-0.2, -0.15) is 0 Å². The first-order valence-corrected chi connectivity index (χ1v) is 12.8. The van der Waals surface area contributed by atoms with E-state index in [0.717, 1.165) is 62.9 Å². The molecule has 0 saturated carbocycles. The van der Waals surface area contributed by atoms with Gasteiger partial charge in [-0.3, -0.25) is 4.79 Å². The summed E-state index contributed by atoms with van der Waals surface area (Å²) in [5.41, 5.74) is 0.827. The summed E-state index contributed by atoms with van der Waals surface area (Å²) < 4.78 is 13.1. The molecule has 0 aliphatic heterocycles. The Morgan fingerprint density at radius 2 is 1.50 bits per heavy atom. The van der Waals surface area contributed by atoms with E-state index in [4.69, 9.17) is 9.47 Å². The molecule has 0 N–H and O–H groups in total. The summed E-state index contributed by atoms with van der Waals surface area (Å²) in [6.45, 7) is 13.3. The molecule has 3 atom stereocenters. The summed E-state index contributed by atoms with van der Waals surface area (Å²) in [7, 11) is 0. The lowest BCUT2D eigenvalue weighted by atomic mass is 10.0. The van der Waals surface area contributed by atoms with Crippen LogP contribution in [0.5, 0.6) is 0 Å². The Balaban J connectivity index is 2.87. The summed E-state index contributed by atoms with van der Waals surface area (Å²) >= 11 is 0. The number of unbranched alkanes of at least 4 members (excludes halogenated alkanes) is 2. The van der Waals surface area contributed by atoms with E-state index >= 15 is 0 Å². The van der Waals surface area contributed by atoms with Crippen LogP contribution in [0.15, 0.2) is 6.20 Å². The number of aryl methyl sites for hydroxylation is 2. The number of hydrogen-bond donors (Lipinski definition) is 0. The normalized spacial score (nSPS) is 14.1. The number of hydrogen-bond acceptors (Lipinski definition) is 5. The van der Waals surface area contributed by atoms with Crippen LogP contribution in [0.4, 0.5) is 0 Å². The topological polar surface area (TPSA) is 70.4 Å². The Hall–Kier alpha value is -1.85. The van der Waals surface area contributed by atoms with Gasteiger partial charge in [0.1, 0.15) is 11.9 Å². The highest BCUT2D eigenvalue weighted by atomic mass is 16.5. The molecule has 0 aromatic carbocycles. The molecule has 1 aromatic heterocycles. The number of aromatic nitrogens is 2. The highest BCUT2D eigenvalue weighted by Gasteiger charge is 2.29. The van der Waals surface area contributed by atoms with E-state index in [1.807, 2.05) is 20.0 Å². The van der Waals surface area contributed by atoms with Gasteiger partial charge in [-0.1, -0.05) is 73.1 Å². The van der Waals surface area contributed by atoms with Crippen LogP contribution in [0.25, 0.3) is 0 Å². The maximum Gasteiger partial charge on any atom is 0.329 e. The minimum atomic E-state index is -0.738. The third-order valence-electron chi connectivity index (χ3n) is 6.24. The number of carbonyl (C=O) groups excluding carboxylic acids is 2. The number of rotatable bonds is 17. The van der Waals surface area contributed by atoms with Crippen molar-refractivity contribution >= 4 is 11.9 Å². The maximum absolute atomic E-state index is 13.1. The molecule has 1 rings (SSSR count). The van der Waals surface area contributed by atoms with Gasteiger partial charge in [0.05, 0.1) is 25.3 Å². The van der Waals surface area contributed by atoms with E-state index in [9.17, 15) is 9.59 Å². The fourth-order valence-electron chi connectivity index (χ4n) is 3.91. The van der Waals surface area contributed by atoms with Crippen molar-refractivity contribution < 1.29 is 19.1 Å². The van der Waals surface area contributed by atoms with Crippen LogP contribution >= 0.6 is 0 Å². The molecule has 0 bridgehead atoms. The van der Waals surface area contributed by atoms with Gasteiger partial charge in [-0.25, -0.2) is 9.78 Å². The van der Waals surface area contributed by atoms with E-state index in [1.54, 1.807) is 4.57 Å². The minimum Gasteiger partial charge on any atom is -0.465 e. The molecule has 32 heavy (non-hydrogen) atoms. The highest BCUT2D eigenvalue weighted by Crippen LogP contribution is 2.22. The lowest BCUT2D eigenvalue weighted by Crippen LogP contribution is -2.28. The zero-order chi connectivity index (χ0) is 23.9. The van der Waals surface area contributed by atoms with Crippen LogP contribution in [0, 0.1) is 18.8 Å². The van der Waals surface area contributed by atoms with Crippen molar-refractivity contribution in [3.05, 3.63) is 17.7 Å². The number of esters is 2. The van der Waals surface area contributed by atoms with Crippen LogP contribution in [-0.4, -0.2) is 34.7 Å². The summed E-state index contributed by atoms with van der Waals surface area (Å²) in [5, 5.41) is 0. The van der Waals surface area contributed by atoms with Gasteiger partial charge >= 0.3 is 11.9 Å². The number of ether oxygens (including phenoxy) is 2.